The van der Waals surface area contributed by atoms with Crippen LogP contribution in [0.15, 0.2) is 34.1 Å². The van der Waals surface area contributed by atoms with Crippen molar-refractivity contribution in [1.29, 1.82) is 0 Å². The van der Waals surface area contributed by atoms with Crippen LogP contribution < -0.4 is 0 Å². The van der Waals surface area contributed by atoms with Crippen LogP contribution in [0.25, 0.3) is 0 Å². The van der Waals surface area contributed by atoms with Gasteiger partial charge in [0.25, 0.3) is 9.05 Å². The molecule has 1 saturated heterocycles. The molecule has 5 nitrogen and oxygen atoms in total. The van der Waals surface area contributed by atoms with Crippen LogP contribution in [0.5, 0.6) is 0 Å². The molecule has 1 aliphatic rings. The quantitative estimate of drug-likeness (QED) is 0.792. The predicted molar refractivity (Wildman–Crippen MR) is 76.7 cm³/mol. The summed E-state index contributed by atoms with van der Waals surface area (Å²) >= 11 is 0. The molecule has 0 spiro atoms. The van der Waals surface area contributed by atoms with E-state index >= 15 is 0 Å². The molecule has 20 heavy (non-hydrogen) atoms. The van der Waals surface area contributed by atoms with Crippen LogP contribution in [0.3, 0.4) is 0 Å². The van der Waals surface area contributed by atoms with Gasteiger partial charge in [0.2, 0.25) is 10.0 Å². The Morgan fingerprint density at radius 1 is 1.15 bits per heavy atom. The van der Waals surface area contributed by atoms with E-state index in [0.717, 1.165) is 25.3 Å². The fourth-order valence-corrected chi connectivity index (χ4v) is 4.97. The van der Waals surface area contributed by atoms with E-state index in [1.54, 1.807) is 0 Å². The molecule has 0 saturated carbocycles. The second-order valence-electron chi connectivity index (χ2n) is 4.87. The van der Waals surface area contributed by atoms with Crippen LogP contribution in [-0.4, -0.2) is 33.7 Å². The molecule has 1 aromatic carbocycles. The number of hydrogen-bond donors (Lipinski definition) is 0. The van der Waals surface area contributed by atoms with Gasteiger partial charge in [0.05, 0.1) is 9.79 Å². The minimum atomic E-state index is -3.94. The van der Waals surface area contributed by atoms with E-state index in [0.29, 0.717) is 6.54 Å². The number of benzene rings is 1. The van der Waals surface area contributed by atoms with Crippen LogP contribution in [0.1, 0.15) is 26.2 Å². The van der Waals surface area contributed by atoms with Gasteiger partial charge in [-0.05, 0) is 38.0 Å². The number of piperidine rings is 1. The Balaban J connectivity index is 2.44. The Morgan fingerprint density at radius 3 is 2.40 bits per heavy atom. The van der Waals surface area contributed by atoms with Crippen molar-refractivity contribution in [3.63, 3.8) is 0 Å². The summed E-state index contributed by atoms with van der Waals surface area (Å²) in [6, 6.07) is 5.09. The number of nitrogens with zero attached hydrogens (tertiary/aromatic N) is 1. The van der Waals surface area contributed by atoms with Crippen LogP contribution in [0.4, 0.5) is 0 Å². The maximum atomic E-state index is 12.6. The lowest BCUT2D eigenvalue weighted by Crippen LogP contribution is -2.41. The summed E-state index contributed by atoms with van der Waals surface area (Å²) in [4.78, 5) is -0.238. The van der Waals surface area contributed by atoms with Gasteiger partial charge < -0.3 is 0 Å². The molecule has 2 rings (SSSR count). The Labute approximate surface area is 124 Å². The van der Waals surface area contributed by atoms with E-state index in [-0.39, 0.29) is 15.8 Å². The highest BCUT2D eigenvalue weighted by Crippen LogP contribution is 2.27. The third kappa shape index (κ3) is 3.16. The lowest BCUT2D eigenvalue weighted by atomic mass is 10.1. The van der Waals surface area contributed by atoms with Crippen molar-refractivity contribution < 1.29 is 16.8 Å². The highest BCUT2D eigenvalue weighted by molar-refractivity contribution is 8.13. The van der Waals surface area contributed by atoms with Crippen LogP contribution in [-0.2, 0) is 19.1 Å². The van der Waals surface area contributed by atoms with Crippen molar-refractivity contribution in [1.82, 2.24) is 4.31 Å². The van der Waals surface area contributed by atoms with Gasteiger partial charge in [0.1, 0.15) is 0 Å². The minimum absolute atomic E-state index is 0.0343. The first-order valence-corrected chi connectivity index (χ1v) is 10.0. The fourth-order valence-electron chi connectivity index (χ4n) is 2.35. The molecule has 1 aliphatic heterocycles. The summed E-state index contributed by atoms with van der Waals surface area (Å²) in [5, 5.41) is 0. The fraction of sp³-hybridized carbons (Fsp3) is 0.500. The molecule has 0 aromatic heterocycles. The normalized spacial score (nSPS) is 21.8. The van der Waals surface area contributed by atoms with Crippen LogP contribution >= 0.6 is 10.7 Å². The largest absolute Gasteiger partial charge is 0.261 e. The molecule has 0 aliphatic carbocycles. The van der Waals surface area contributed by atoms with E-state index in [1.807, 2.05) is 6.92 Å². The molecular formula is C12H16ClNO4S2. The molecule has 8 heteroatoms. The van der Waals surface area contributed by atoms with E-state index in [9.17, 15) is 16.8 Å². The Hall–Kier alpha value is -0.630. The summed E-state index contributed by atoms with van der Waals surface area (Å²) < 4.78 is 49.2. The Morgan fingerprint density at radius 2 is 1.80 bits per heavy atom. The first-order chi connectivity index (χ1) is 9.23. The van der Waals surface area contributed by atoms with Gasteiger partial charge in [-0.3, -0.25) is 0 Å². The molecular weight excluding hydrogens is 322 g/mol. The highest BCUT2D eigenvalue weighted by Gasteiger charge is 2.31. The topological polar surface area (TPSA) is 71.5 Å². The second kappa shape index (κ2) is 5.63. The molecule has 0 amide bonds. The van der Waals surface area contributed by atoms with Gasteiger partial charge in [0.15, 0.2) is 0 Å². The Bertz CT molecular complexity index is 700. The van der Waals surface area contributed by atoms with Gasteiger partial charge in [-0.2, -0.15) is 4.31 Å². The molecule has 1 heterocycles. The molecule has 112 valence electrons. The first-order valence-electron chi connectivity index (χ1n) is 6.29. The number of halogens is 1. The summed E-state index contributed by atoms with van der Waals surface area (Å²) in [6.45, 7) is 2.32. The van der Waals surface area contributed by atoms with Crippen molar-refractivity contribution in [3.05, 3.63) is 24.3 Å². The van der Waals surface area contributed by atoms with E-state index in [1.165, 1.54) is 22.5 Å². The smallest absolute Gasteiger partial charge is 0.207 e. The monoisotopic (exact) mass is 337 g/mol. The minimum Gasteiger partial charge on any atom is -0.207 e. The third-order valence-electron chi connectivity index (χ3n) is 3.44. The highest BCUT2D eigenvalue weighted by atomic mass is 35.7. The SMILES string of the molecule is CC1CCCCN1S(=O)(=O)c1cccc(S(=O)(=O)Cl)c1. The van der Waals surface area contributed by atoms with Gasteiger partial charge >= 0.3 is 0 Å². The molecule has 0 radical (unpaired) electrons. The number of sulfonamides is 1. The second-order valence-corrected chi connectivity index (χ2v) is 9.33. The van der Waals surface area contributed by atoms with E-state index < -0.39 is 19.1 Å². The van der Waals surface area contributed by atoms with Gasteiger partial charge in [-0.1, -0.05) is 12.5 Å². The zero-order valence-electron chi connectivity index (χ0n) is 11.0. The number of hydrogen-bond acceptors (Lipinski definition) is 4. The van der Waals surface area contributed by atoms with Crippen molar-refractivity contribution in [2.24, 2.45) is 0 Å². The molecule has 0 bridgehead atoms. The van der Waals surface area contributed by atoms with E-state index in [2.05, 4.69) is 0 Å². The van der Waals surface area contributed by atoms with Crippen molar-refractivity contribution in [2.75, 3.05) is 6.54 Å². The van der Waals surface area contributed by atoms with Crippen molar-refractivity contribution in [3.8, 4) is 0 Å². The van der Waals surface area contributed by atoms with E-state index in [4.69, 9.17) is 10.7 Å². The van der Waals surface area contributed by atoms with Gasteiger partial charge in [-0.15, -0.1) is 0 Å². The summed E-state index contributed by atoms with van der Waals surface area (Å²) in [5.41, 5.74) is 0. The van der Waals surface area contributed by atoms with Gasteiger partial charge in [-0.25, -0.2) is 16.8 Å². The Kier molecular flexibility index (Phi) is 4.44. The maximum absolute atomic E-state index is 12.6. The maximum Gasteiger partial charge on any atom is 0.261 e. The summed E-state index contributed by atoms with van der Waals surface area (Å²) in [6.07, 6.45) is 2.63. The predicted octanol–water partition coefficient (Wildman–Crippen LogP) is 2.18. The lowest BCUT2D eigenvalue weighted by Gasteiger charge is -2.32. The average Bonchev–Trinajstić information content (AvgIpc) is 2.38. The molecule has 1 unspecified atom stereocenters. The molecule has 1 aromatic rings. The van der Waals surface area contributed by atoms with Crippen LogP contribution in [0.2, 0.25) is 0 Å². The van der Waals surface area contributed by atoms with Crippen molar-refractivity contribution >= 4 is 29.8 Å². The molecule has 0 N–H and O–H groups in total. The van der Waals surface area contributed by atoms with Crippen LogP contribution in [0, 0.1) is 0 Å². The lowest BCUT2D eigenvalue weighted by molar-refractivity contribution is 0.268. The van der Waals surface area contributed by atoms with Crippen molar-refractivity contribution in [2.45, 2.75) is 42.0 Å². The van der Waals surface area contributed by atoms with Gasteiger partial charge in [0, 0.05) is 23.3 Å². The zero-order chi connectivity index (χ0) is 15.0. The zero-order valence-corrected chi connectivity index (χ0v) is 13.4. The first kappa shape index (κ1) is 15.8. The average molecular weight is 338 g/mol. The standard InChI is InChI=1S/C12H16ClNO4S2/c1-10-5-2-3-8-14(10)20(17,18)12-7-4-6-11(9-12)19(13,15)16/h4,6-7,9-10H,2-3,5,8H2,1H3. The summed E-state index contributed by atoms with van der Waals surface area (Å²) in [5.74, 6) is 0. The molecule has 1 atom stereocenters. The third-order valence-corrected chi connectivity index (χ3v) is 6.80. The molecule has 1 fully saturated rings. The summed E-state index contributed by atoms with van der Waals surface area (Å²) in [7, 11) is -2.37. The number of rotatable bonds is 3.